The zero-order chi connectivity index (χ0) is 12.4. The Morgan fingerprint density at radius 2 is 2.39 bits per heavy atom. The molecule has 1 aromatic rings. The Balaban J connectivity index is 1.73. The van der Waals surface area contributed by atoms with E-state index >= 15 is 0 Å². The monoisotopic (exact) mass is 247 g/mol. The first-order chi connectivity index (χ1) is 8.81. The Kier molecular flexibility index (Phi) is 3.07. The van der Waals surface area contributed by atoms with Crippen molar-refractivity contribution >= 4 is 11.6 Å². The van der Waals surface area contributed by atoms with Crippen LogP contribution in [0.4, 0.5) is 11.6 Å². The quantitative estimate of drug-likeness (QED) is 0.837. The van der Waals surface area contributed by atoms with Gasteiger partial charge in [0.1, 0.15) is 18.0 Å². The first-order valence-corrected chi connectivity index (χ1v) is 6.83. The van der Waals surface area contributed by atoms with Gasteiger partial charge in [-0.05, 0) is 26.3 Å². The van der Waals surface area contributed by atoms with Crippen molar-refractivity contribution in [3.05, 3.63) is 12.4 Å². The molecule has 2 saturated heterocycles. The molecule has 18 heavy (non-hydrogen) atoms. The number of hydrogen-bond acceptors (Lipinski definition) is 5. The summed E-state index contributed by atoms with van der Waals surface area (Å²) < 4.78 is 0. The molecule has 0 saturated carbocycles. The standard InChI is InChI=1S/C13H21N5/c1-2-15-11-7-12(17-10-16-11)18-6-4-13(9-18)3-5-14-8-13/h7,10,14H,2-6,8-9H2,1H3,(H,15,16,17). The molecule has 5 nitrogen and oxygen atoms in total. The van der Waals surface area contributed by atoms with Gasteiger partial charge in [0, 0.05) is 37.7 Å². The second kappa shape index (κ2) is 4.72. The third-order valence-corrected chi connectivity index (χ3v) is 4.10. The van der Waals surface area contributed by atoms with Gasteiger partial charge < -0.3 is 15.5 Å². The molecule has 1 spiro atoms. The molecule has 2 aliphatic rings. The highest BCUT2D eigenvalue weighted by atomic mass is 15.2. The maximum absolute atomic E-state index is 4.41. The van der Waals surface area contributed by atoms with Gasteiger partial charge in [-0.25, -0.2) is 9.97 Å². The van der Waals surface area contributed by atoms with Crippen LogP contribution in [0.15, 0.2) is 12.4 Å². The highest BCUT2D eigenvalue weighted by Gasteiger charge is 2.40. The van der Waals surface area contributed by atoms with Gasteiger partial charge in [-0.15, -0.1) is 0 Å². The summed E-state index contributed by atoms with van der Waals surface area (Å²) in [4.78, 5) is 11.0. The third-order valence-electron chi connectivity index (χ3n) is 4.10. The van der Waals surface area contributed by atoms with Crippen molar-refractivity contribution in [1.29, 1.82) is 0 Å². The summed E-state index contributed by atoms with van der Waals surface area (Å²) in [6.45, 7) is 7.54. The Labute approximate surface area is 108 Å². The predicted molar refractivity (Wildman–Crippen MR) is 72.9 cm³/mol. The lowest BCUT2D eigenvalue weighted by Gasteiger charge is -2.23. The molecule has 0 bridgehead atoms. The van der Waals surface area contributed by atoms with E-state index < -0.39 is 0 Å². The Hall–Kier alpha value is -1.36. The minimum Gasteiger partial charge on any atom is -0.370 e. The molecule has 5 heteroatoms. The van der Waals surface area contributed by atoms with E-state index in [4.69, 9.17) is 0 Å². The molecule has 2 fully saturated rings. The molecule has 0 aromatic carbocycles. The van der Waals surface area contributed by atoms with Gasteiger partial charge in [0.15, 0.2) is 0 Å². The first kappa shape index (κ1) is 11.7. The van der Waals surface area contributed by atoms with Gasteiger partial charge >= 0.3 is 0 Å². The highest BCUT2D eigenvalue weighted by molar-refractivity contribution is 5.49. The van der Waals surface area contributed by atoms with Crippen LogP contribution in [0.3, 0.4) is 0 Å². The predicted octanol–water partition coefficient (Wildman–Crippen LogP) is 1.10. The molecule has 1 atom stereocenters. The Bertz CT molecular complexity index is 414. The summed E-state index contributed by atoms with van der Waals surface area (Å²) in [5.41, 5.74) is 0.489. The summed E-state index contributed by atoms with van der Waals surface area (Å²) in [6, 6.07) is 2.06. The number of rotatable bonds is 3. The summed E-state index contributed by atoms with van der Waals surface area (Å²) in [7, 11) is 0. The van der Waals surface area contributed by atoms with Crippen molar-refractivity contribution in [3.8, 4) is 0 Å². The Morgan fingerprint density at radius 3 is 3.17 bits per heavy atom. The van der Waals surface area contributed by atoms with E-state index in [9.17, 15) is 0 Å². The van der Waals surface area contributed by atoms with Crippen molar-refractivity contribution in [2.75, 3.05) is 42.9 Å². The average molecular weight is 247 g/mol. The van der Waals surface area contributed by atoms with Gasteiger partial charge in [-0.2, -0.15) is 0 Å². The molecular formula is C13H21N5. The van der Waals surface area contributed by atoms with E-state index in [1.54, 1.807) is 6.33 Å². The van der Waals surface area contributed by atoms with Crippen LogP contribution in [0.1, 0.15) is 19.8 Å². The molecule has 2 aliphatic heterocycles. The first-order valence-electron chi connectivity index (χ1n) is 6.83. The van der Waals surface area contributed by atoms with Crippen LogP contribution in [-0.2, 0) is 0 Å². The molecule has 2 N–H and O–H groups in total. The SMILES string of the molecule is CCNc1cc(N2CCC3(CCNC3)C2)ncn1. The fourth-order valence-corrected chi connectivity index (χ4v) is 3.07. The smallest absolute Gasteiger partial charge is 0.134 e. The topological polar surface area (TPSA) is 53.1 Å². The Morgan fingerprint density at radius 1 is 1.44 bits per heavy atom. The van der Waals surface area contributed by atoms with Crippen LogP contribution < -0.4 is 15.5 Å². The maximum atomic E-state index is 4.41. The third kappa shape index (κ3) is 2.14. The largest absolute Gasteiger partial charge is 0.370 e. The molecule has 0 radical (unpaired) electrons. The van der Waals surface area contributed by atoms with Gasteiger partial charge in [-0.1, -0.05) is 0 Å². The van der Waals surface area contributed by atoms with Gasteiger partial charge in [-0.3, -0.25) is 0 Å². The molecule has 3 heterocycles. The summed E-state index contributed by atoms with van der Waals surface area (Å²) >= 11 is 0. The lowest BCUT2D eigenvalue weighted by Crippen LogP contribution is -2.29. The number of nitrogens with one attached hydrogen (secondary N) is 2. The van der Waals surface area contributed by atoms with E-state index in [0.29, 0.717) is 5.41 Å². The highest BCUT2D eigenvalue weighted by Crippen LogP contribution is 2.37. The van der Waals surface area contributed by atoms with E-state index in [1.807, 2.05) is 0 Å². The van der Waals surface area contributed by atoms with Crippen LogP contribution in [0.5, 0.6) is 0 Å². The van der Waals surface area contributed by atoms with Gasteiger partial charge in [0.2, 0.25) is 0 Å². The van der Waals surface area contributed by atoms with Crippen molar-refractivity contribution in [1.82, 2.24) is 15.3 Å². The van der Waals surface area contributed by atoms with Crippen LogP contribution in [0.25, 0.3) is 0 Å². The molecule has 0 aliphatic carbocycles. The normalized spacial score (nSPS) is 27.1. The lowest BCUT2D eigenvalue weighted by atomic mass is 9.87. The van der Waals surface area contributed by atoms with E-state index in [-0.39, 0.29) is 0 Å². The van der Waals surface area contributed by atoms with Crippen LogP contribution in [-0.4, -0.2) is 42.7 Å². The molecule has 0 amide bonds. The number of nitrogens with zero attached hydrogens (tertiary/aromatic N) is 3. The van der Waals surface area contributed by atoms with E-state index in [0.717, 1.165) is 37.8 Å². The second-order valence-electron chi connectivity index (χ2n) is 5.39. The maximum Gasteiger partial charge on any atom is 0.134 e. The molecular weight excluding hydrogens is 226 g/mol. The van der Waals surface area contributed by atoms with Crippen molar-refractivity contribution in [2.45, 2.75) is 19.8 Å². The summed E-state index contributed by atoms with van der Waals surface area (Å²) in [5, 5.41) is 6.73. The molecule has 98 valence electrons. The number of aromatic nitrogens is 2. The molecule has 1 aromatic heterocycles. The van der Waals surface area contributed by atoms with Crippen LogP contribution in [0, 0.1) is 5.41 Å². The van der Waals surface area contributed by atoms with Crippen LogP contribution in [0.2, 0.25) is 0 Å². The lowest BCUT2D eigenvalue weighted by molar-refractivity contribution is 0.369. The van der Waals surface area contributed by atoms with Gasteiger partial charge in [0.05, 0.1) is 0 Å². The number of hydrogen-bond donors (Lipinski definition) is 2. The second-order valence-corrected chi connectivity index (χ2v) is 5.39. The molecule has 3 rings (SSSR count). The van der Waals surface area contributed by atoms with Gasteiger partial charge in [0.25, 0.3) is 0 Å². The zero-order valence-corrected chi connectivity index (χ0v) is 10.9. The van der Waals surface area contributed by atoms with E-state index in [2.05, 4.69) is 38.5 Å². The summed E-state index contributed by atoms with van der Waals surface area (Å²) in [5.74, 6) is 1.98. The van der Waals surface area contributed by atoms with E-state index in [1.165, 1.54) is 19.4 Å². The van der Waals surface area contributed by atoms with Crippen molar-refractivity contribution < 1.29 is 0 Å². The van der Waals surface area contributed by atoms with Crippen LogP contribution >= 0.6 is 0 Å². The minimum atomic E-state index is 0.489. The number of anilines is 2. The average Bonchev–Trinajstić information content (AvgIpc) is 3.01. The van der Waals surface area contributed by atoms with Crippen molar-refractivity contribution in [3.63, 3.8) is 0 Å². The minimum absolute atomic E-state index is 0.489. The fraction of sp³-hybridized carbons (Fsp3) is 0.692. The van der Waals surface area contributed by atoms with Crippen molar-refractivity contribution in [2.24, 2.45) is 5.41 Å². The zero-order valence-electron chi connectivity index (χ0n) is 10.9. The fourth-order valence-electron chi connectivity index (χ4n) is 3.07. The summed E-state index contributed by atoms with van der Waals surface area (Å²) in [6.07, 6.45) is 4.24. The molecule has 1 unspecified atom stereocenters.